The van der Waals surface area contributed by atoms with Crippen molar-refractivity contribution in [3.05, 3.63) is 42.0 Å². The summed E-state index contributed by atoms with van der Waals surface area (Å²) in [6.07, 6.45) is 1.51. The molecule has 0 fully saturated rings. The highest BCUT2D eigenvalue weighted by atomic mass is 35.5. The van der Waals surface area contributed by atoms with Gasteiger partial charge in [0.05, 0.1) is 17.1 Å². The van der Waals surface area contributed by atoms with Crippen LogP contribution in [0, 0.1) is 6.92 Å². The van der Waals surface area contributed by atoms with E-state index in [0.29, 0.717) is 17.1 Å². The molecule has 18 heavy (non-hydrogen) atoms. The summed E-state index contributed by atoms with van der Waals surface area (Å²) in [4.78, 5) is 15.8. The second-order valence-corrected chi connectivity index (χ2v) is 3.95. The van der Waals surface area contributed by atoms with E-state index in [9.17, 15) is 4.79 Å². The van der Waals surface area contributed by atoms with E-state index < -0.39 is 5.97 Å². The molecule has 1 rings (SSSR count). The van der Waals surface area contributed by atoms with Crippen molar-refractivity contribution in [1.82, 2.24) is 0 Å². The van der Waals surface area contributed by atoms with Gasteiger partial charge in [0.15, 0.2) is 0 Å². The lowest BCUT2D eigenvalue weighted by Gasteiger charge is -2.05. The third-order valence-electron chi connectivity index (χ3n) is 2.04. The standard InChI is InChI=1S/C13H15ClN2O2/c1-3-4-18-13(17)10-5-9(2)6-11(7-10)16-12(15)8-14/h3,5-7H,1,4,8H2,2H3,(H2,15,16). The summed E-state index contributed by atoms with van der Waals surface area (Å²) in [6.45, 7) is 5.52. The number of aliphatic imine (C=N–C) groups is 1. The maximum atomic E-state index is 11.7. The average Bonchev–Trinajstić information content (AvgIpc) is 2.34. The monoisotopic (exact) mass is 266 g/mol. The molecule has 5 heteroatoms. The number of aryl methyl sites for hydroxylation is 1. The first-order chi connectivity index (χ1) is 8.56. The third kappa shape index (κ3) is 4.22. The largest absolute Gasteiger partial charge is 0.458 e. The summed E-state index contributed by atoms with van der Waals surface area (Å²) in [6, 6.07) is 5.14. The number of amidine groups is 1. The first-order valence-electron chi connectivity index (χ1n) is 5.35. The first kappa shape index (κ1) is 14.3. The Morgan fingerprint density at radius 1 is 1.56 bits per heavy atom. The van der Waals surface area contributed by atoms with Crippen molar-refractivity contribution in [3.8, 4) is 0 Å². The van der Waals surface area contributed by atoms with Crippen molar-refractivity contribution >= 4 is 29.1 Å². The van der Waals surface area contributed by atoms with Crippen LogP contribution in [0.5, 0.6) is 0 Å². The number of halogens is 1. The van der Waals surface area contributed by atoms with Crippen LogP contribution in [0.3, 0.4) is 0 Å². The molecule has 4 nitrogen and oxygen atoms in total. The Labute approximate surface area is 111 Å². The lowest BCUT2D eigenvalue weighted by molar-refractivity contribution is 0.0549. The van der Waals surface area contributed by atoms with Gasteiger partial charge in [-0.25, -0.2) is 9.79 Å². The van der Waals surface area contributed by atoms with E-state index in [-0.39, 0.29) is 12.5 Å². The molecule has 0 saturated heterocycles. The fraction of sp³-hybridized carbons (Fsp3) is 0.231. The van der Waals surface area contributed by atoms with Crippen LogP contribution < -0.4 is 5.73 Å². The van der Waals surface area contributed by atoms with E-state index in [1.54, 1.807) is 12.1 Å². The van der Waals surface area contributed by atoms with E-state index in [1.807, 2.05) is 13.0 Å². The number of hydrogen-bond donors (Lipinski definition) is 1. The predicted octanol–water partition coefficient (Wildman–Crippen LogP) is 2.57. The summed E-state index contributed by atoms with van der Waals surface area (Å²) < 4.78 is 4.96. The van der Waals surface area contributed by atoms with Crippen molar-refractivity contribution in [2.75, 3.05) is 12.5 Å². The van der Waals surface area contributed by atoms with Crippen LogP contribution in [0.15, 0.2) is 35.8 Å². The minimum atomic E-state index is -0.417. The van der Waals surface area contributed by atoms with E-state index in [4.69, 9.17) is 22.1 Å². The number of alkyl halides is 1. The number of rotatable bonds is 5. The zero-order valence-corrected chi connectivity index (χ0v) is 10.9. The van der Waals surface area contributed by atoms with Gasteiger partial charge in [-0.1, -0.05) is 12.7 Å². The number of nitrogens with two attached hydrogens (primary N) is 1. The molecule has 1 aromatic carbocycles. The molecule has 0 atom stereocenters. The fourth-order valence-corrected chi connectivity index (χ4v) is 1.42. The van der Waals surface area contributed by atoms with E-state index in [2.05, 4.69) is 11.6 Å². The summed E-state index contributed by atoms with van der Waals surface area (Å²) in [5.41, 5.74) is 7.45. The Kier molecular flexibility index (Phi) is 5.39. The predicted molar refractivity (Wildman–Crippen MR) is 73.7 cm³/mol. The molecule has 96 valence electrons. The van der Waals surface area contributed by atoms with Gasteiger partial charge in [0.1, 0.15) is 12.4 Å². The van der Waals surface area contributed by atoms with Gasteiger partial charge in [0, 0.05) is 0 Å². The molecule has 0 radical (unpaired) electrons. The van der Waals surface area contributed by atoms with Gasteiger partial charge in [-0.3, -0.25) is 0 Å². The first-order valence-corrected chi connectivity index (χ1v) is 5.89. The molecule has 0 aromatic heterocycles. The van der Waals surface area contributed by atoms with Crippen LogP contribution in [-0.2, 0) is 4.74 Å². The number of hydrogen-bond acceptors (Lipinski definition) is 3. The Balaban J connectivity index is 3.00. The Morgan fingerprint density at radius 2 is 2.28 bits per heavy atom. The molecular formula is C13H15ClN2O2. The van der Waals surface area contributed by atoms with Crippen molar-refractivity contribution in [1.29, 1.82) is 0 Å². The number of carbonyl (C=O) groups excluding carboxylic acids is 1. The molecule has 0 heterocycles. The normalized spacial score (nSPS) is 11.1. The molecule has 0 aliphatic carbocycles. The zero-order valence-electron chi connectivity index (χ0n) is 10.1. The smallest absolute Gasteiger partial charge is 0.338 e. The summed E-state index contributed by atoms with van der Waals surface area (Å²) in [5, 5.41) is 0. The number of carbonyl (C=O) groups is 1. The van der Waals surface area contributed by atoms with Crippen molar-refractivity contribution < 1.29 is 9.53 Å². The minimum Gasteiger partial charge on any atom is -0.458 e. The van der Waals surface area contributed by atoms with Crippen LogP contribution in [0.4, 0.5) is 5.69 Å². The molecule has 0 unspecified atom stereocenters. The molecule has 0 spiro atoms. The van der Waals surface area contributed by atoms with Gasteiger partial charge in [0.2, 0.25) is 0 Å². The number of ether oxygens (including phenoxy) is 1. The average molecular weight is 267 g/mol. The summed E-state index contributed by atoms with van der Waals surface area (Å²) in [7, 11) is 0. The van der Waals surface area contributed by atoms with E-state index >= 15 is 0 Å². The quantitative estimate of drug-likeness (QED) is 0.293. The van der Waals surface area contributed by atoms with Crippen LogP contribution in [-0.4, -0.2) is 24.3 Å². The maximum Gasteiger partial charge on any atom is 0.338 e. The highest BCUT2D eigenvalue weighted by Gasteiger charge is 2.08. The van der Waals surface area contributed by atoms with Gasteiger partial charge in [-0.05, 0) is 30.7 Å². The van der Waals surface area contributed by atoms with Gasteiger partial charge in [-0.2, -0.15) is 0 Å². The number of benzene rings is 1. The maximum absolute atomic E-state index is 11.7. The van der Waals surface area contributed by atoms with Crippen LogP contribution >= 0.6 is 11.6 Å². The van der Waals surface area contributed by atoms with E-state index in [0.717, 1.165) is 5.56 Å². The second-order valence-electron chi connectivity index (χ2n) is 3.68. The number of esters is 1. The fourth-order valence-electron chi connectivity index (χ4n) is 1.36. The molecule has 0 aliphatic rings. The topological polar surface area (TPSA) is 64.7 Å². The lowest BCUT2D eigenvalue weighted by atomic mass is 10.1. The van der Waals surface area contributed by atoms with E-state index in [1.165, 1.54) is 6.08 Å². The van der Waals surface area contributed by atoms with Gasteiger partial charge < -0.3 is 10.5 Å². The Morgan fingerprint density at radius 3 is 2.89 bits per heavy atom. The number of nitrogens with zero attached hydrogens (tertiary/aromatic N) is 1. The Bertz CT molecular complexity index is 484. The summed E-state index contributed by atoms with van der Waals surface area (Å²) in [5.74, 6) is 0.0247. The molecule has 2 N–H and O–H groups in total. The van der Waals surface area contributed by atoms with Crippen molar-refractivity contribution in [2.45, 2.75) is 6.92 Å². The SMILES string of the molecule is C=CCOC(=O)c1cc(C)cc(N=C(N)CCl)c1. The molecule has 0 amide bonds. The lowest BCUT2D eigenvalue weighted by Crippen LogP contribution is -2.12. The zero-order chi connectivity index (χ0) is 13.5. The van der Waals surface area contributed by atoms with Gasteiger partial charge in [-0.15, -0.1) is 11.6 Å². The highest BCUT2D eigenvalue weighted by molar-refractivity contribution is 6.28. The molecule has 0 aliphatic heterocycles. The minimum absolute atomic E-state index is 0.143. The van der Waals surface area contributed by atoms with Crippen LogP contribution in [0.25, 0.3) is 0 Å². The van der Waals surface area contributed by atoms with Gasteiger partial charge >= 0.3 is 5.97 Å². The highest BCUT2D eigenvalue weighted by Crippen LogP contribution is 2.18. The second kappa shape index (κ2) is 6.81. The van der Waals surface area contributed by atoms with Crippen molar-refractivity contribution in [2.24, 2.45) is 10.7 Å². The molecule has 1 aromatic rings. The van der Waals surface area contributed by atoms with Crippen LogP contribution in [0.2, 0.25) is 0 Å². The molecule has 0 saturated carbocycles. The van der Waals surface area contributed by atoms with Crippen LogP contribution in [0.1, 0.15) is 15.9 Å². The molecular weight excluding hydrogens is 252 g/mol. The van der Waals surface area contributed by atoms with Crippen molar-refractivity contribution in [3.63, 3.8) is 0 Å². The summed E-state index contributed by atoms with van der Waals surface area (Å²) >= 11 is 5.55. The Hall–Kier alpha value is -1.81. The van der Waals surface area contributed by atoms with Gasteiger partial charge in [0.25, 0.3) is 0 Å². The molecule has 0 bridgehead atoms. The third-order valence-corrected chi connectivity index (χ3v) is 2.31.